The standard InChI is InChI=1S/C67H122O6/c1-4-7-10-13-16-19-22-25-28-30-31-32-33-34-35-37-39-42-45-48-51-54-57-60-66(69)72-63-64(62-71-65(68)59-56-53-50-47-44-41-38-27-24-21-18-15-12-9-6-3)73-67(70)61-58-55-52-49-46-43-40-36-29-26-23-20-17-14-11-8-5-2/h8,11,17,20,26,29,40,43,64H,4-7,9-10,12-16,18-19,21-25,27-28,30-39,41-42,44-63H2,1-3H3/b11-8-,20-17-,29-26-,43-40-. The maximum absolute atomic E-state index is 12.9. The molecular formula is C67H122O6. The lowest BCUT2D eigenvalue weighted by molar-refractivity contribution is -0.167. The van der Waals surface area contributed by atoms with E-state index < -0.39 is 6.10 Å². The van der Waals surface area contributed by atoms with Gasteiger partial charge >= 0.3 is 17.9 Å². The third-order valence-corrected chi connectivity index (χ3v) is 14.3. The molecule has 0 saturated heterocycles. The SMILES string of the molecule is CC/C=C\C/C=C\C/C=C\C/C=C\CCCCCCC(=O)OC(COC(=O)CCCCCCCCCCCCCCCCC)COC(=O)CCCCCCCCCCCCCCCCCCCCCCCCC. The highest BCUT2D eigenvalue weighted by atomic mass is 16.6. The van der Waals surface area contributed by atoms with Crippen molar-refractivity contribution in [3.63, 3.8) is 0 Å². The highest BCUT2D eigenvalue weighted by Gasteiger charge is 2.19. The molecule has 0 fully saturated rings. The fourth-order valence-corrected chi connectivity index (χ4v) is 9.56. The first-order chi connectivity index (χ1) is 36.0. The molecule has 0 amide bonds. The molecule has 6 nitrogen and oxygen atoms in total. The number of esters is 3. The summed E-state index contributed by atoms with van der Waals surface area (Å²) in [6.45, 7) is 6.57. The fourth-order valence-electron chi connectivity index (χ4n) is 9.56. The Hall–Kier alpha value is -2.63. The molecule has 0 N–H and O–H groups in total. The molecule has 0 saturated carbocycles. The minimum atomic E-state index is -0.783. The molecule has 1 atom stereocenters. The molecule has 0 rings (SSSR count). The van der Waals surface area contributed by atoms with Gasteiger partial charge in [-0.3, -0.25) is 14.4 Å². The molecule has 73 heavy (non-hydrogen) atoms. The summed E-state index contributed by atoms with van der Waals surface area (Å²) in [6, 6.07) is 0. The van der Waals surface area contributed by atoms with Crippen molar-refractivity contribution < 1.29 is 28.6 Å². The number of hydrogen-bond acceptors (Lipinski definition) is 6. The summed E-state index contributed by atoms with van der Waals surface area (Å²) in [5.41, 5.74) is 0. The van der Waals surface area contributed by atoms with Crippen LogP contribution in [0.5, 0.6) is 0 Å². The molecule has 0 heterocycles. The number of carbonyl (C=O) groups excluding carboxylic acids is 3. The second kappa shape index (κ2) is 61.9. The van der Waals surface area contributed by atoms with Crippen molar-refractivity contribution >= 4 is 17.9 Å². The van der Waals surface area contributed by atoms with E-state index in [9.17, 15) is 14.4 Å². The third-order valence-electron chi connectivity index (χ3n) is 14.3. The number of rotatable bonds is 59. The Morgan fingerprint density at radius 1 is 0.288 bits per heavy atom. The molecule has 0 aromatic rings. The van der Waals surface area contributed by atoms with Crippen molar-refractivity contribution in [2.75, 3.05) is 13.2 Å². The summed E-state index contributed by atoms with van der Waals surface area (Å²) >= 11 is 0. The van der Waals surface area contributed by atoms with Gasteiger partial charge in [-0.15, -0.1) is 0 Å². The molecule has 0 aliphatic heterocycles. The fraction of sp³-hybridized carbons (Fsp3) is 0.836. The zero-order chi connectivity index (χ0) is 52.9. The largest absolute Gasteiger partial charge is 0.462 e. The molecule has 0 radical (unpaired) electrons. The summed E-state index contributed by atoms with van der Waals surface area (Å²) in [6.07, 6.45) is 76.9. The average molecular weight is 1020 g/mol. The van der Waals surface area contributed by atoms with Gasteiger partial charge in [0.25, 0.3) is 0 Å². The zero-order valence-electron chi connectivity index (χ0n) is 48.9. The summed E-state index contributed by atoms with van der Waals surface area (Å²) in [5.74, 6) is -0.879. The van der Waals surface area contributed by atoms with E-state index in [4.69, 9.17) is 14.2 Å². The first-order valence-electron chi connectivity index (χ1n) is 32.1. The number of carbonyl (C=O) groups is 3. The van der Waals surface area contributed by atoms with Crippen LogP contribution in [-0.4, -0.2) is 37.2 Å². The molecular weight excluding hydrogens is 901 g/mol. The molecule has 0 aromatic carbocycles. The molecule has 0 aliphatic carbocycles. The van der Waals surface area contributed by atoms with Gasteiger partial charge in [-0.2, -0.15) is 0 Å². The van der Waals surface area contributed by atoms with Gasteiger partial charge in [0.05, 0.1) is 0 Å². The van der Waals surface area contributed by atoms with Crippen molar-refractivity contribution in [1.29, 1.82) is 0 Å². The lowest BCUT2D eigenvalue weighted by Crippen LogP contribution is -2.30. The van der Waals surface area contributed by atoms with Crippen LogP contribution in [0.2, 0.25) is 0 Å². The summed E-state index contributed by atoms with van der Waals surface area (Å²) < 4.78 is 16.9. The van der Waals surface area contributed by atoms with E-state index >= 15 is 0 Å². The molecule has 1 unspecified atom stereocenters. The Morgan fingerprint density at radius 2 is 0.534 bits per heavy atom. The predicted octanol–water partition coefficient (Wildman–Crippen LogP) is 21.8. The van der Waals surface area contributed by atoms with Gasteiger partial charge in [-0.25, -0.2) is 0 Å². The molecule has 0 aliphatic rings. The Balaban J connectivity index is 4.31. The quantitative estimate of drug-likeness (QED) is 0.0261. The van der Waals surface area contributed by atoms with Gasteiger partial charge in [-0.1, -0.05) is 313 Å². The molecule has 426 valence electrons. The van der Waals surface area contributed by atoms with Gasteiger partial charge in [0, 0.05) is 19.3 Å². The average Bonchev–Trinajstić information content (AvgIpc) is 3.39. The lowest BCUT2D eigenvalue weighted by atomic mass is 10.0. The van der Waals surface area contributed by atoms with Gasteiger partial charge in [-0.05, 0) is 57.8 Å². The molecule has 0 spiro atoms. The maximum Gasteiger partial charge on any atom is 0.306 e. The first kappa shape index (κ1) is 70.4. The Bertz CT molecular complexity index is 1270. The van der Waals surface area contributed by atoms with Crippen LogP contribution in [0, 0.1) is 0 Å². The Kier molecular flexibility index (Phi) is 59.7. The van der Waals surface area contributed by atoms with Gasteiger partial charge in [0.2, 0.25) is 0 Å². The zero-order valence-corrected chi connectivity index (χ0v) is 48.9. The first-order valence-corrected chi connectivity index (χ1v) is 32.1. The Morgan fingerprint density at radius 3 is 0.836 bits per heavy atom. The van der Waals surface area contributed by atoms with Crippen molar-refractivity contribution in [2.45, 2.75) is 348 Å². The number of unbranched alkanes of at least 4 members (excludes halogenated alkanes) is 40. The topological polar surface area (TPSA) is 78.9 Å². The van der Waals surface area contributed by atoms with Crippen LogP contribution in [0.3, 0.4) is 0 Å². The van der Waals surface area contributed by atoms with Crippen LogP contribution in [0.25, 0.3) is 0 Å². The van der Waals surface area contributed by atoms with Crippen LogP contribution in [-0.2, 0) is 28.6 Å². The van der Waals surface area contributed by atoms with Crippen molar-refractivity contribution in [1.82, 2.24) is 0 Å². The summed E-state index contributed by atoms with van der Waals surface area (Å²) in [7, 11) is 0. The number of hydrogen-bond donors (Lipinski definition) is 0. The van der Waals surface area contributed by atoms with E-state index in [0.29, 0.717) is 19.3 Å². The predicted molar refractivity (Wildman–Crippen MR) is 316 cm³/mol. The van der Waals surface area contributed by atoms with Gasteiger partial charge in [0.15, 0.2) is 6.10 Å². The van der Waals surface area contributed by atoms with E-state index in [1.807, 2.05) is 0 Å². The second-order valence-electron chi connectivity index (χ2n) is 21.7. The van der Waals surface area contributed by atoms with Gasteiger partial charge in [0.1, 0.15) is 13.2 Å². The van der Waals surface area contributed by atoms with E-state index in [2.05, 4.69) is 69.4 Å². The van der Waals surface area contributed by atoms with Crippen LogP contribution in [0.4, 0.5) is 0 Å². The lowest BCUT2D eigenvalue weighted by Gasteiger charge is -2.18. The third kappa shape index (κ3) is 60.1. The summed E-state index contributed by atoms with van der Waals surface area (Å²) in [4.78, 5) is 38.3. The van der Waals surface area contributed by atoms with E-state index in [0.717, 1.165) is 96.3 Å². The molecule has 0 aromatic heterocycles. The van der Waals surface area contributed by atoms with Crippen LogP contribution >= 0.6 is 0 Å². The van der Waals surface area contributed by atoms with E-state index in [1.165, 1.54) is 205 Å². The minimum Gasteiger partial charge on any atom is -0.462 e. The second-order valence-corrected chi connectivity index (χ2v) is 21.7. The Labute approximate surface area is 454 Å². The smallest absolute Gasteiger partial charge is 0.306 e. The van der Waals surface area contributed by atoms with Crippen LogP contribution in [0.15, 0.2) is 48.6 Å². The van der Waals surface area contributed by atoms with E-state index in [-0.39, 0.29) is 31.1 Å². The molecule has 0 bridgehead atoms. The normalized spacial score (nSPS) is 12.3. The van der Waals surface area contributed by atoms with Crippen LogP contribution < -0.4 is 0 Å². The minimum absolute atomic E-state index is 0.0783. The van der Waals surface area contributed by atoms with Crippen molar-refractivity contribution in [3.05, 3.63) is 48.6 Å². The van der Waals surface area contributed by atoms with E-state index in [1.54, 1.807) is 0 Å². The van der Waals surface area contributed by atoms with Crippen LogP contribution in [0.1, 0.15) is 342 Å². The highest BCUT2D eigenvalue weighted by Crippen LogP contribution is 2.18. The van der Waals surface area contributed by atoms with Crippen molar-refractivity contribution in [2.24, 2.45) is 0 Å². The maximum atomic E-state index is 12.9. The van der Waals surface area contributed by atoms with Gasteiger partial charge < -0.3 is 14.2 Å². The highest BCUT2D eigenvalue weighted by molar-refractivity contribution is 5.71. The monoisotopic (exact) mass is 1020 g/mol. The summed E-state index contributed by atoms with van der Waals surface area (Å²) in [5, 5.41) is 0. The number of ether oxygens (including phenoxy) is 3. The molecule has 6 heteroatoms. The van der Waals surface area contributed by atoms with Crippen molar-refractivity contribution in [3.8, 4) is 0 Å². The number of allylic oxidation sites excluding steroid dienone is 8.